The molecule has 1 fully saturated rings. The summed E-state index contributed by atoms with van der Waals surface area (Å²) >= 11 is 0. The fourth-order valence-corrected chi connectivity index (χ4v) is 5.83. The largest absolute Gasteiger partial charge is 0.354 e. The first-order valence-electron chi connectivity index (χ1n) is 11.4. The third-order valence-electron chi connectivity index (χ3n) is 6.02. The second-order valence-electron chi connectivity index (χ2n) is 8.60. The molecule has 0 bridgehead atoms. The van der Waals surface area contributed by atoms with Crippen LogP contribution in [0.3, 0.4) is 0 Å². The molecule has 8 nitrogen and oxygen atoms in total. The number of carbonyl (C=O) groups is 1. The average molecular weight is 490 g/mol. The third kappa shape index (κ3) is 5.19. The Morgan fingerprint density at radius 3 is 2.66 bits per heavy atom. The first-order chi connectivity index (χ1) is 16.8. The van der Waals surface area contributed by atoms with Crippen LogP contribution in [0.25, 0.3) is 23.0 Å². The van der Waals surface area contributed by atoms with Gasteiger partial charge in [-0.05, 0) is 49.1 Å². The molecule has 1 aliphatic rings. The molecule has 1 aromatic heterocycles. The van der Waals surface area contributed by atoms with Gasteiger partial charge in [0.2, 0.25) is 10.0 Å². The lowest BCUT2D eigenvalue weighted by atomic mass is 10.0. The zero-order chi connectivity index (χ0) is 25.0. The van der Waals surface area contributed by atoms with Crippen molar-refractivity contribution in [3.05, 3.63) is 71.9 Å². The molecular formula is C26H27N5O3S. The predicted molar refractivity (Wildman–Crippen MR) is 134 cm³/mol. The van der Waals surface area contributed by atoms with Crippen LogP contribution in [0.2, 0.25) is 0 Å². The van der Waals surface area contributed by atoms with Gasteiger partial charge in [-0.2, -0.15) is 14.7 Å². The molecular weight excluding hydrogens is 462 g/mol. The molecule has 35 heavy (non-hydrogen) atoms. The summed E-state index contributed by atoms with van der Waals surface area (Å²) in [6.45, 7) is 3.07. The van der Waals surface area contributed by atoms with Crippen molar-refractivity contribution in [2.45, 2.75) is 24.7 Å². The van der Waals surface area contributed by atoms with E-state index >= 15 is 0 Å². The monoisotopic (exact) mass is 489 g/mol. The van der Waals surface area contributed by atoms with E-state index in [9.17, 15) is 18.5 Å². The summed E-state index contributed by atoms with van der Waals surface area (Å²) in [4.78, 5) is 12.3. The molecule has 1 aliphatic heterocycles. The van der Waals surface area contributed by atoms with Crippen molar-refractivity contribution in [2.75, 3.05) is 20.1 Å². The normalized spacial score (nSPS) is 17.1. The topological polar surface area (TPSA) is 108 Å². The number of nitriles is 1. The number of aromatic nitrogens is 2. The van der Waals surface area contributed by atoms with Gasteiger partial charge < -0.3 is 5.32 Å². The number of hydrogen-bond acceptors (Lipinski definition) is 5. The Balaban J connectivity index is 1.82. The van der Waals surface area contributed by atoms with E-state index in [0.717, 1.165) is 18.5 Å². The van der Waals surface area contributed by atoms with E-state index in [1.807, 2.05) is 36.4 Å². The zero-order valence-electron chi connectivity index (χ0n) is 19.7. The van der Waals surface area contributed by atoms with E-state index in [0.29, 0.717) is 35.8 Å². The number of rotatable bonds is 6. The summed E-state index contributed by atoms with van der Waals surface area (Å²) < 4.78 is 29.9. The highest BCUT2D eigenvalue weighted by Gasteiger charge is 2.29. The number of nitrogens with one attached hydrogen (secondary N) is 1. The smallest absolute Gasteiger partial charge is 0.261 e. The molecule has 0 radical (unpaired) electrons. The summed E-state index contributed by atoms with van der Waals surface area (Å²) in [5, 5.41) is 16.7. The average Bonchev–Trinajstić information content (AvgIpc) is 3.31. The summed E-state index contributed by atoms with van der Waals surface area (Å²) in [5.74, 6) is -0.199. The van der Waals surface area contributed by atoms with E-state index in [4.69, 9.17) is 5.10 Å². The van der Waals surface area contributed by atoms with Crippen LogP contribution in [-0.4, -0.2) is 48.5 Å². The summed E-state index contributed by atoms with van der Waals surface area (Å²) in [6.07, 6.45) is 5.05. The molecule has 0 spiro atoms. The number of para-hydroxylation sites is 1. The Morgan fingerprint density at radius 1 is 1.20 bits per heavy atom. The number of carbonyl (C=O) groups excluding carboxylic acids is 1. The minimum Gasteiger partial charge on any atom is -0.354 e. The van der Waals surface area contributed by atoms with Gasteiger partial charge in [0, 0.05) is 37.5 Å². The van der Waals surface area contributed by atoms with Gasteiger partial charge >= 0.3 is 0 Å². The number of likely N-dealkylation sites (N-methyl/N-ethyl adjacent to an activating group) is 1. The molecule has 0 saturated carbocycles. The van der Waals surface area contributed by atoms with E-state index < -0.39 is 15.9 Å². The number of hydrogen-bond donors (Lipinski definition) is 1. The van der Waals surface area contributed by atoms with Crippen molar-refractivity contribution < 1.29 is 13.2 Å². The molecule has 3 aromatic rings. The van der Waals surface area contributed by atoms with Gasteiger partial charge in [0.1, 0.15) is 17.3 Å². The number of nitrogens with zero attached hydrogens (tertiary/aromatic N) is 4. The second kappa shape index (κ2) is 10.3. The standard InChI is InChI=1S/C26H27N5O3S/c1-19-8-7-13-30(17-19)35(33,34)24-12-6-9-20(15-24)25-22(14-21(16-27)26(32)28-2)18-31(29-25)23-10-4-3-5-11-23/h3-6,9-12,14-15,18-19H,7-8,13,17H2,1-2H3,(H,28,32)/b21-14+. The van der Waals surface area contributed by atoms with Crippen molar-refractivity contribution in [3.8, 4) is 23.0 Å². The lowest BCUT2D eigenvalue weighted by Crippen LogP contribution is -2.39. The van der Waals surface area contributed by atoms with Gasteiger partial charge in [-0.25, -0.2) is 13.1 Å². The summed E-state index contributed by atoms with van der Waals surface area (Å²) in [7, 11) is -2.21. The van der Waals surface area contributed by atoms with Crippen molar-refractivity contribution in [1.29, 1.82) is 5.26 Å². The maximum atomic E-state index is 13.4. The molecule has 1 N–H and O–H groups in total. The molecule has 1 unspecified atom stereocenters. The van der Waals surface area contributed by atoms with Crippen LogP contribution in [0.1, 0.15) is 25.3 Å². The summed E-state index contributed by atoms with van der Waals surface area (Å²) in [5.41, 5.74) is 2.28. The third-order valence-corrected chi connectivity index (χ3v) is 7.88. The van der Waals surface area contributed by atoms with Crippen LogP contribution in [0.15, 0.2) is 71.3 Å². The van der Waals surface area contributed by atoms with Crippen molar-refractivity contribution in [1.82, 2.24) is 19.4 Å². The molecule has 180 valence electrons. The van der Waals surface area contributed by atoms with Gasteiger partial charge in [0.25, 0.3) is 5.91 Å². The zero-order valence-corrected chi connectivity index (χ0v) is 20.5. The van der Waals surface area contributed by atoms with Gasteiger partial charge in [0.05, 0.1) is 10.6 Å². The minimum absolute atomic E-state index is 0.0764. The van der Waals surface area contributed by atoms with E-state index in [-0.39, 0.29) is 10.5 Å². The molecule has 4 rings (SSSR count). The second-order valence-corrected chi connectivity index (χ2v) is 10.5. The Hall–Kier alpha value is -3.74. The molecule has 9 heteroatoms. The quantitative estimate of drug-likeness (QED) is 0.420. The van der Waals surface area contributed by atoms with Gasteiger partial charge in [-0.15, -0.1) is 0 Å². The number of piperidine rings is 1. The van der Waals surface area contributed by atoms with Crippen LogP contribution in [0, 0.1) is 17.2 Å². The van der Waals surface area contributed by atoms with Crippen LogP contribution < -0.4 is 5.32 Å². The van der Waals surface area contributed by atoms with Gasteiger partial charge in [-0.3, -0.25) is 4.79 Å². The first-order valence-corrected chi connectivity index (χ1v) is 12.9. The van der Waals surface area contributed by atoms with Gasteiger partial charge in [0.15, 0.2) is 0 Å². The minimum atomic E-state index is -3.66. The lowest BCUT2D eigenvalue weighted by Gasteiger charge is -2.30. The van der Waals surface area contributed by atoms with E-state index in [2.05, 4.69) is 12.2 Å². The Kier molecular flexibility index (Phi) is 7.15. The molecule has 2 heterocycles. The van der Waals surface area contributed by atoms with E-state index in [1.165, 1.54) is 13.1 Å². The predicted octanol–water partition coefficient (Wildman–Crippen LogP) is 3.61. The fraction of sp³-hybridized carbons (Fsp3) is 0.269. The highest BCUT2D eigenvalue weighted by atomic mass is 32.2. The SMILES string of the molecule is CNC(=O)/C(C#N)=C/c1cn(-c2ccccc2)nc1-c1cccc(S(=O)(=O)N2CCCC(C)C2)c1. The lowest BCUT2D eigenvalue weighted by molar-refractivity contribution is -0.116. The molecule has 1 atom stereocenters. The van der Waals surface area contributed by atoms with Crippen LogP contribution in [0.5, 0.6) is 0 Å². The molecule has 1 amide bonds. The van der Waals surface area contributed by atoms with Crippen LogP contribution >= 0.6 is 0 Å². The summed E-state index contributed by atoms with van der Waals surface area (Å²) in [6, 6.07) is 18.0. The van der Waals surface area contributed by atoms with E-state index in [1.54, 1.807) is 39.4 Å². The Bertz CT molecular complexity index is 1400. The van der Waals surface area contributed by atoms with Crippen LogP contribution in [0.4, 0.5) is 0 Å². The Morgan fingerprint density at radius 2 is 1.97 bits per heavy atom. The molecule has 0 aliphatic carbocycles. The number of sulfonamides is 1. The van der Waals surface area contributed by atoms with Crippen molar-refractivity contribution in [3.63, 3.8) is 0 Å². The number of benzene rings is 2. The number of amides is 1. The maximum Gasteiger partial charge on any atom is 0.261 e. The molecule has 2 aromatic carbocycles. The van der Waals surface area contributed by atoms with Crippen molar-refractivity contribution >= 4 is 22.0 Å². The van der Waals surface area contributed by atoms with Gasteiger partial charge in [-0.1, -0.05) is 37.3 Å². The molecule has 1 saturated heterocycles. The Labute approximate surface area is 205 Å². The fourth-order valence-electron chi connectivity index (χ4n) is 4.19. The highest BCUT2D eigenvalue weighted by Crippen LogP contribution is 2.30. The van der Waals surface area contributed by atoms with Crippen LogP contribution in [-0.2, 0) is 14.8 Å². The maximum absolute atomic E-state index is 13.4. The highest BCUT2D eigenvalue weighted by molar-refractivity contribution is 7.89. The van der Waals surface area contributed by atoms with Crippen molar-refractivity contribution in [2.24, 2.45) is 5.92 Å². The first kappa shape index (κ1) is 24.4.